The zero-order valence-corrected chi connectivity index (χ0v) is 13.2. The number of amides is 1. The van der Waals surface area contributed by atoms with E-state index >= 15 is 0 Å². The average molecular weight is 345 g/mol. The lowest BCUT2D eigenvalue weighted by molar-refractivity contribution is -0.387. The van der Waals surface area contributed by atoms with E-state index < -0.39 is 38.3 Å². The van der Waals surface area contributed by atoms with Gasteiger partial charge in [0, 0.05) is 24.8 Å². The maximum absolute atomic E-state index is 13.3. The second-order valence-electron chi connectivity index (χ2n) is 5.37. The Morgan fingerprint density at radius 2 is 2.17 bits per heavy atom. The number of piperidine rings is 1. The number of hydrogen-bond acceptors (Lipinski definition) is 5. The van der Waals surface area contributed by atoms with Crippen LogP contribution in [-0.4, -0.2) is 42.9 Å². The summed E-state index contributed by atoms with van der Waals surface area (Å²) in [5, 5.41) is 13.2. The van der Waals surface area contributed by atoms with E-state index in [-0.39, 0.29) is 12.2 Å². The molecule has 1 atom stereocenters. The van der Waals surface area contributed by atoms with Crippen LogP contribution in [0, 0.1) is 21.8 Å². The Morgan fingerprint density at radius 3 is 2.78 bits per heavy atom. The molecule has 0 aromatic heterocycles. The predicted octanol–water partition coefficient (Wildman–Crippen LogP) is 1.34. The lowest BCUT2D eigenvalue weighted by atomic mass is 9.98. The first kappa shape index (κ1) is 17.3. The van der Waals surface area contributed by atoms with Gasteiger partial charge in [0.1, 0.15) is 0 Å². The number of benzene rings is 1. The zero-order chi connectivity index (χ0) is 17.2. The summed E-state index contributed by atoms with van der Waals surface area (Å²) in [6.07, 6.45) is 2.15. The molecule has 1 saturated heterocycles. The molecular weight excluding hydrogens is 329 g/mol. The summed E-state index contributed by atoms with van der Waals surface area (Å²) in [5.41, 5.74) is -0.635. The molecule has 1 aliphatic rings. The van der Waals surface area contributed by atoms with Crippen molar-refractivity contribution < 1.29 is 22.5 Å². The molecule has 2 rings (SSSR count). The van der Waals surface area contributed by atoms with Crippen molar-refractivity contribution in [2.45, 2.75) is 12.8 Å². The lowest BCUT2D eigenvalue weighted by Gasteiger charge is -2.30. The molecule has 8 nitrogen and oxygen atoms in total. The van der Waals surface area contributed by atoms with Gasteiger partial charge in [-0.15, -0.1) is 0 Å². The van der Waals surface area contributed by atoms with Crippen LogP contribution in [0.2, 0.25) is 0 Å². The third kappa shape index (κ3) is 4.23. The molecule has 1 unspecified atom stereocenters. The Morgan fingerprint density at radius 1 is 1.48 bits per heavy atom. The van der Waals surface area contributed by atoms with E-state index in [1.54, 1.807) is 0 Å². The highest BCUT2D eigenvalue weighted by molar-refractivity contribution is 7.88. The van der Waals surface area contributed by atoms with Crippen molar-refractivity contribution in [1.82, 2.24) is 4.31 Å². The maximum atomic E-state index is 13.3. The number of halogens is 1. The van der Waals surface area contributed by atoms with Crippen molar-refractivity contribution in [3.8, 4) is 0 Å². The molecule has 0 spiro atoms. The van der Waals surface area contributed by atoms with Gasteiger partial charge in [0.15, 0.2) is 0 Å². The van der Waals surface area contributed by atoms with E-state index in [9.17, 15) is 27.7 Å². The summed E-state index contributed by atoms with van der Waals surface area (Å²) in [5.74, 6) is -1.99. The summed E-state index contributed by atoms with van der Waals surface area (Å²) >= 11 is 0. The van der Waals surface area contributed by atoms with Crippen molar-refractivity contribution in [2.24, 2.45) is 5.92 Å². The average Bonchev–Trinajstić information content (AvgIpc) is 2.48. The molecule has 1 aromatic carbocycles. The second-order valence-corrected chi connectivity index (χ2v) is 7.36. The highest BCUT2D eigenvalue weighted by atomic mass is 32.2. The minimum atomic E-state index is -3.37. The summed E-state index contributed by atoms with van der Waals surface area (Å²) in [6.45, 7) is 0.429. The normalized spacial score (nSPS) is 19.3. The first-order valence-electron chi connectivity index (χ1n) is 6.88. The van der Waals surface area contributed by atoms with Crippen molar-refractivity contribution in [3.63, 3.8) is 0 Å². The number of nitro groups is 1. The SMILES string of the molecule is CS(=O)(=O)N1CCCC(C(=O)Nc2ccc(F)c([N+](=O)[O-])c2)C1. The molecule has 1 N–H and O–H groups in total. The van der Waals surface area contributed by atoms with Gasteiger partial charge in [-0.05, 0) is 25.0 Å². The number of rotatable bonds is 4. The molecular formula is C13H16FN3O5S. The molecule has 1 fully saturated rings. The van der Waals surface area contributed by atoms with Crippen LogP contribution in [0.5, 0.6) is 0 Å². The number of carbonyl (C=O) groups excluding carboxylic acids is 1. The fourth-order valence-electron chi connectivity index (χ4n) is 2.43. The van der Waals surface area contributed by atoms with E-state index in [4.69, 9.17) is 0 Å². The largest absolute Gasteiger partial charge is 0.326 e. The van der Waals surface area contributed by atoms with Crippen LogP contribution in [0.1, 0.15) is 12.8 Å². The molecule has 10 heteroatoms. The smallest absolute Gasteiger partial charge is 0.306 e. The summed E-state index contributed by atoms with van der Waals surface area (Å²) in [7, 11) is -3.37. The third-order valence-corrected chi connectivity index (χ3v) is 4.90. The molecule has 23 heavy (non-hydrogen) atoms. The number of sulfonamides is 1. The van der Waals surface area contributed by atoms with Crippen LogP contribution in [0.25, 0.3) is 0 Å². The minimum absolute atomic E-state index is 0.0634. The zero-order valence-electron chi connectivity index (χ0n) is 12.4. The highest BCUT2D eigenvalue weighted by Gasteiger charge is 2.30. The van der Waals surface area contributed by atoms with Crippen molar-refractivity contribution in [1.29, 1.82) is 0 Å². The van der Waals surface area contributed by atoms with E-state index in [0.29, 0.717) is 19.4 Å². The quantitative estimate of drug-likeness (QED) is 0.654. The Balaban J connectivity index is 2.10. The number of carbonyl (C=O) groups is 1. The van der Waals surface area contributed by atoms with Crippen molar-refractivity contribution in [2.75, 3.05) is 24.7 Å². The maximum Gasteiger partial charge on any atom is 0.306 e. The molecule has 1 aliphatic heterocycles. The summed E-state index contributed by atoms with van der Waals surface area (Å²) in [6, 6.07) is 3.05. The van der Waals surface area contributed by atoms with Crippen LogP contribution < -0.4 is 5.32 Å². The fraction of sp³-hybridized carbons (Fsp3) is 0.462. The molecule has 0 aliphatic carbocycles. The molecule has 1 amide bonds. The van der Waals surface area contributed by atoms with E-state index in [1.807, 2.05) is 0 Å². The van der Waals surface area contributed by atoms with Crippen LogP contribution in [0.15, 0.2) is 18.2 Å². The van der Waals surface area contributed by atoms with Gasteiger partial charge in [-0.3, -0.25) is 14.9 Å². The van der Waals surface area contributed by atoms with Gasteiger partial charge in [-0.1, -0.05) is 0 Å². The third-order valence-electron chi connectivity index (χ3n) is 3.63. The van der Waals surface area contributed by atoms with E-state index in [1.165, 1.54) is 10.4 Å². The van der Waals surface area contributed by atoms with Gasteiger partial charge in [0.05, 0.1) is 17.1 Å². The van der Waals surface area contributed by atoms with Crippen LogP contribution in [0.3, 0.4) is 0 Å². The number of nitrogens with one attached hydrogen (secondary N) is 1. The van der Waals surface area contributed by atoms with Gasteiger partial charge < -0.3 is 5.32 Å². The first-order valence-corrected chi connectivity index (χ1v) is 8.73. The number of nitrogens with zero attached hydrogens (tertiary/aromatic N) is 2. The molecule has 0 saturated carbocycles. The molecule has 1 aromatic rings. The Bertz CT molecular complexity index is 737. The van der Waals surface area contributed by atoms with Gasteiger partial charge in [0.2, 0.25) is 21.7 Å². The number of nitro benzene ring substituents is 1. The Labute approximate surface area is 132 Å². The summed E-state index contributed by atoms with van der Waals surface area (Å²) in [4.78, 5) is 22.0. The van der Waals surface area contributed by atoms with Gasteiger partial charge in [0.25, 0.3) is 0 Å². The van der Waals surface area contributed by atoms with Crippen LogP contribution in [0.4, 0.5) is 15.8 Å². The van der Waals surface area contributed by atoms with Crippen LogP contribution in [-0.2, 0) is 14.8 Å². The van der Waals surface area contributed by atoms with E-state index in [2.05, 4.69) is 5.32 Å². The second kappa shape index (κ2) is 6.59. The molecule has 0 bridgehead atoms. The van der Waals surface area contributed by atoms with Crippen molar-refractivity contribution >= 4 is 27.3 Å². The molecule has 1 heterocycles. The lowest BCUT2D eigenvalue weighted by Crippen LogP contribution is -2.43. The van der Waals surface area contributed by atoms with E-state index in [0.717, 1.165) is 18.4 Å². The topological polar surface area (TPSA) is 110 Å². The molecule has 126 valence electrons. The molecule has 0 radical (unpaired) electrons. The number of hydrogen-bond donors (Lipinski definition) is 1. The van der Waals surface area contributed by atoms with Crippen molar-refractivity contribution in [3.05, 3.63) is 34.1 Å². The Kier molecular flexibility index (Phi) is 4.95. The fourth-order valence-corrected chi connectivity index (χ4v) is 3.34. The van der Waals surface area contributed by atoms with Crippen LogP contribution >= 0.6 is 0 Å². The highest BCUT2D eigenvalue weighted by Crippen LogP contribution is 2.24. The number of anilines is 1. The first-order chi connectivity index (χ1) is 10.7. The standard InChI is InChI=1S/C13H16FN3O5S/c1-23(21,22)16-6-2-3-9(8-16)13(18)15-10-4-5-11(14)12(7-10)17(19)20/h4-5,7,9H,2-3,6,8H2,1H3,(H,15,18). The Hall–Kier alpha value is -2.07. The van der Waals surface area contributed by atoms with Gasteiger partial charge in [-0.2, -0.15) is 4.39 Å². The summed E-state index contributed by atoms with van der Waals surface area (Å²) < 4.78 is 37.6. The minimum Gasteiger partial charge on any atom is -0.326 e. The predicted molar refractivity (Wildman–Crippen MR) is 80.8 cm³/mol. The van der Waals surface area contributed by atoms with Gasteiger partial charge >= 0.3 is 5.69 Å². The van der Waals surface area contributed by atoms with Gasteiger partial charge in [-0.25, -0.2) is 12.7 Å². The monoisotopic (exact) mass is 345 g/mol.